The van der Waals surface area contributed by atoms with Gasteiger partial charge in [-0.1, -0.05) is 17.9 Å². The van der Waals surface area contributed by atoms with Crippen LogP contribution in [-0.4, -0.2) is 43.7 Å². The average molecular weight is 286 g/mol. The van der Waals surface area contributed by atoms with Crippen molar-refractivity contribution in [3.63, 3.8) is 0 Å². The van der Waals surface area contributed by atoms with E-state index in [1.807, 2.05) is 30.0 Å². The second-order valence-corrected chi connectivity index (χ2v) is 5.24. The average Bonchev–Trinajstić information content (AvgIpc) is 2.53. The van der Waals surface area contributed by atoms with E-state index in [4.69, 9.17) is 10.5 Å². The van der Waals surface area contributed by atoms with Gasteiger partial charge in [-0.3, -0.25) is 4.79 Å². The number of nitrogens with zero attached hydrogens (tertiary/aromatic N) is 1. The van der Waals surface area contributed by atoms with Crippen LogP contribution < -0.4 is 5.73 Å². The van der Waals surface area contributed by atoms with Crippen LogP contribution in [0.4, 0.5) is 0 Å². The predicted octanol–water partition coefficient (Wildman–Crippen LogP) is 1.56. The number of piperidine rings is 1. The molecule has 1 aliphatic rings. The van der Waals surface area contributed by atoms with Crippen molar-refractivity contribution in [2.75, 3.05) is 26.7 Å². The highest BCUT2D eigenvalue weighted by Gasteiger charge is 2.25. The fraction of sp³-hybridized carbons (Fsp3) is 0.471. The van der Waals surface area contributed by atoms with E-state index in [1.165, 1.54) is 0 Å². The van der Waals surface area contributed by atoms with E-state index in [9.17, 15) is 4.79 Å². The number of methoxy groups -OCH3 is 1. The van der Waals surface area contributed by atoms with E-state index < -0.39 is 0 Å². The third kappa shape index (κ3) is 3.63. The number of carbonyl (C=O) groups excluding carboxylic acids is 1. The van der Waals surface area contributed by atoms with Crippen molar-refractivity contribution in [2.24, 2.45) is 5.73 Å². The predicted molar refractivity (Wildman–Crippen MR) is 83.0 cm³/mol. The van der Waals surface area contributed by atoms with Gasteiger partial charge in [0.15, 0.2) is 0 Å². The highest BCUT2D eigenvalue weighted by Crippen LogP contribution is 2.19. The second kappa shape index (κ2) is 7.26. The van der Waals surface area contributed by atoms with Gasteiger partial charge in [-0.05, 0) is 37.5 Å². The minimum Gasteiger partial charge on any atom is -0.380 e. The lowest BCUT2D eigenvalue weighted by molar-refractivity contribution is 0.0268. The molecule has 1 aromatic rings. The molecule has 1 aliphatic heterocycles. The van der Waals surface area contributed by atoms with Gasteiger partial charge >= 0.3 is 0 Å². The molecule has 1 amide bonds. The zero-order valence-corrected chi connectivity index (χ0v) is 12.7. The van der Waals surface area contributed by atoms with E-state index in [2.05, 4.69) is 11.8 Å². The van der Waals surface area contributed by atoms with Crippen LogP contribution in [0.1, 0.15) is 34.3 Å². The molecule has 112 valence electrons. The molecule has 2 N–H and O–H groups in total. The molecule has 0 bridgehead atoms. The summed E-state index contributed by atoms with van der Waals surface area (Å²) in [5.74, 6) is 5.92. The van der Waals surface area contributed by atoms with Crippen LogP contribution in [0.3, 0.4) is 0 Å². The Kier molecular flexibility index (Phi) is 5.38. The lowest BCUT2D eigenvalue weighted by atomic mass is 10.00. The van der Waals surface area contributed by atoms with Crippen LogP contribution in [0.25, 0.3) is 0 Å². The molecule has 1 atom stereocenters. The molecule has 0 spiro atoms. The van der Waals surface area contributed by atoms with Crippen molar-refractivity contribution in [2.45, 2.75) is 25.9 Å². The minimum absolute atomic E-state index is 0.0608. The molecule has 1 saturated heterocycles. The van der Waals surface area contributed by atoms with Gasteiger partial charge in [-0.25, -0.2) is 0 Å². The largest absolute Gasteiger partial charge is 0.380 e. The fourth-order valence-corrected chi connectivity index (χ4v) is 2.63. The van der Waals surface area contributed by atoms with Crippen molar-refractivity contribution >= 4 is 5.91 Å². The summed E-state index contributed by atoms with van der Waals surface area (Å²) in [7, 11) is 1.70. The van der Waals surface area contributed by atoms with Crippen molar-refractivity contribution in [1.29, 1.82) is 0 Å². The van der Waals surface area contributed by atoms with Gasteiger partial charge in [0.2, 0.25) is 0 Å². The zero-order chi connectivity index (χ0) is 15.2. The number of benzene rings is 1. The molecule has 4 heteroatoms. The number of likely N-dealkylation sites (tertiary alicyclic amines) is 1. The molecule has 0 saturated carbocycles. The lowest BCUT2D eigenvalue weighted by Crippen LogP contribution is -2.43. The Morgan fingerprint density at radius 2 is 2.33 bits per heavy atom. The topological polar surface area (TPSA) is 55.6 Å². The van der Waals surface area contributed by atoms with Gasteiger partial charge in [0, 0.05) is 31.3 Å². The van der Waals surface area contributed by atoms with Gasteiger partial charge in [0.25, 0.3) is 5.91 Å². The Balaban J connectivity index is 2.23. The summed E-state index contributed by atoms with van der Waals surface area (Å²) in [6.45, 7) is 3.70. The molecule has 0 aromatic heterocycles. The van der Waals surface area contributed by atoms with Crippen LogP contribution in [0.5, 0.6) is 0 Å². The van der Waals surface area contributed by atoms with Crippen LogP contribution in [-0.2, 0) is 4.74 Å². The van der Waals surface area contributed by atoms with Crippen LogP contribution >= 0.6 is 0 Å². The maximum Gasteiger partial charge on any atom is 0.254 e. The van der Waals surface area contributed by atoms with Crippen LogP contribution in [0.15, 0.2) is 18.2 Å². The number of ether oxygens (including phenoxy) is 1. The van der Waals surface area contributed by atoms with Gasteiger partial charge in [0.05, 0.1) is 12.6 Å². The van der Waals surface area contributed by atoms with Gasteiger partial charge in [-0.15, -0.1) is 0 Å². The van der Waals surface area contributed by atoms with Crippen LogP contribution in [0.2, 0.25) is 0 Å². The molecular weight excluding hydrogens is 264 g/mol. The van der Waals surface area contributed by atoms with E-state index in [1.54, 1.807) is 7.11 Å². The second-order valence-electron chi connectivity index (χ2n) is 5.24. The zero-order valence-electron chi connectivity index (χ0n) is 12.7. The fourth-order valence-electron chi connectivity index (χ4n) is 2.63. The first-order valence-corrected chi connectivity index (χ1v) is 7.28. The highest BCUT2D eigenvalue weighted by atomic mass is 16.5. The molecule has 0 aliphatic carbocycles. The summed E-state index contributed by atoms with van der Waals surface area (Å²) in [6.07, 6.45) is 2.14. The number of amides is 1. The molecule has 21 heavy (non-hydrogen) atoms. The number of nitrogens with two attached hydrogens (primary N) is 1. The van der Waals surface area contributed by atoms with Gasteiger partial charge in [-0.2, -0.15) is 0 Å². The minimum atomic E-state index is 0.0608. The summed E-state index contributed by atoms with van der Waals surface area (Å²) in [5, 5.41) is 0. The summed E-state index contributed by atoms with van der Waals surface area (Å²) >= 11 is 0. The Bertz CT molecular complexity index is 572. The summed E-state index contributed by atoms with van der Waals surface area (Å²) < 4.78 is 5.38. The molecule has 1 aromatic carbocycles. The Morgan fingerprint density at radius 1 is 1.52 bits per heavy atom. The normalized spacial score (nSPS) is 18.0. The molecular formula is C17H22N2O2. The summed E-state index contributed by atoms with van der Waals surface area (Å²) in [5.41, 5.74) is 7.91. The molecule has 1 unspecified atom stereocenters. The number of hydrogen-bond acceptors (Lipinski definition) is 3. The standard InChI is InChI=1S/C17H22N2O2/c1-13-14(7-4-10-18)6-3-9-16(13)17(20)19-11-5-8-15(12-19)21-2/h3,6,9,15H,5,8,10-12,18H2,1-2H3. The summed E-state index contributed by atoms with van der Waals surface area (Å²) in [4.78, 5) is 14.6. The Labute approximate surface area is 126 Å². The lowest BCUT2D eigenvalue weighted by Gasteiger charge is -2.32. The maximum absolute atomic E-state index is 12.7. The third-order valence-electron chi connectivity index (χ3n) is 3.89. The van der Waals surface area contributed by atoms with Crippen LogP contribution in [0, 0.1) is 18.8 Å². The molecule has 2 rings (SSSR count). The SMILES string of the molecule is COC1CCCN(C(=O)c2cccc(C#CCN)c2C)C1. The maximum atomic E-state index is 12.7. The van der Waals surface area contributed by atoms with E-state index in [0.717, 1.165) is 36.1 Å². The number of hydrogen-bond donors (Lipinski definition) is 1. The number of rotatable bonds is 2. The van der Waals surface area contributed by atoms with E-state index >= 15 is 0 Å². The number of carbonyl (C=O) groups is 1. The molecule has 1 fully saturated rings. The third-order valence-corrected chi connectivity index (χ3v) is 3.89. The van der Waals surface area contributed by atoms with Crippen molar-refractivity contribution < 1.29 is 9.53 Å². The van der Waals surface area contributed by atoms with Crippen molar-refractivity contribution in [3.8, 4) is 11.8 Å². The van der Waals surface area contributed by atoms with Gasteiger partial charge < -0.3 is 15.4 Å². The molecule has 4 nitrogen and oxygen atoms in total. The first-order valence-electron chi connectivity index (χ1n) is 7.28. The summed E-state index contributed by atoms with van der Waals surface area (Å²) in [6, 6.07) is 5.66. The smallest absolute Gasteiger partial charge is 0.254 e. The Hall–Kier alpha value is -1.83. The van der Waals surface area contributed by atoms with Gasteiger partial charge in [0.1, 0.15) is 0 Å². The van der Waals surface area contributed by atoms with Crippen molar-refractivity contribution in [1.82, 2.24) is 4.90 Å². The molecule has 0 radical (unpaired) electrons. The van der Waals surface area contributed by atoms with Crippen molar-refractivity contribution in [3.05, 3.63) is 34.9 Å². The monoisotopic (exact) mass is 286 g/mol. The molecule has 1 heterocycles. The van der Waals surface area contributed by atoms with E-state index in [0.29, 0.717) is 13.1 Å². The van der Waals surface area contributed by atoms with E-state index in [-0.39, 0.29) is 12.0 Å². The Morgan fingerprint density at radius 3 is 3.05 bits per heavy atom. The first-order chi connectivity index (χ1) is 10.2. The first kappa shape index (κ1) is 15.6. The highest BCUT2D eigenvalue weighted by molar-refractivity contribution is 5.96. The quantitative estimate of drug-likeness (QED) is 0.839.